The molecule has 6 heteroatoms. The average molecular weight is 332 g/mol. The molecule has 2 aromatic rings. The fourth-order valence-electron chi connectivity index (χ4n) is 2.77. The molecule has 0 fully saturated rings. The highest BCUT2D eigenvalue weighted by Crippen LogP contribution is 2.29. The Bertz CT molecular complexity index is 729. The topological polar surface area (TPSA) is 80.9 Å². The van der Waals surface area contributed by atoms with Gasteiger partial charge in [0.2, 0.25) is 5.95 Å². The molecule has 0 amide bonds. The number of Topliss-reactive ketones (excluding diaryl/α,β-unsaturated/α-hetero) is 1. The minimum Gasteiger partial charge on any atom is -0.368 e. The zero-order chi connectivity index (χ0) is 17.7. The van der Waals surface area contributed by atoms with E-state index in [0.717, 1.165) is 24.6 Å². The van der Waals surface area contributed by atoms with Gasteiger partial charge in [0, 0.05) is 23.4 Å². The van der Waals surface area contributed by atoms with Crippen LogP contribution in [0.15, 0.2) is 18.2 Å². The Kier molecular flexibility index (Phi) is 5.70. The molecule has 2 rings (SSSR count). The van der Waals surface area contributed by atoms with E-state index in [0.29, 0.717) is 24.2 Å². The molecule has 0 saturated heterocycles. The number of ketones is 1. The van der Waals surface area contributed by atoms with Crippen molar-refractivity contribution in [1.29, 1.82) is 0 Å². The molecule has 0 saturated carbocycles. The number of nitrogens with zero attached hydrogens (tertiary/aromatic N) is 2. The zero-order valence-corrected chi connectivity index (χ0v) is 14.5. The highest BCUT2D eigenvalue weighted by Gasteiger charge is 2.25. The van der Waals surface area contributed by atoms with Crippen LogP contribution in [0.3, 0.4) is 0 Å². The van der Waals surface area contributed by atoms with Gasteiger partial charge in [-0.2, -0.15) is 4.98 Å². The van der Waals surface area contributed by atoms with Crippen LogP contribution in [0.4, 0.5) is 16.2 Å². The first-order valence-corrected chi connectivity index (χ1v) is 8.33. The highest BCUT2D eigenvalue weighted by atomic mass is 19.1. The lowest BCUT2D eigenvalue weighted by Crippen LogP contribution is -2.36. The Hall–Kier alpha value is -2.24. The third-order valence-electron chi connectivity index (χ3n) is 4.21. The maximum absolute atomic E-state index is 13.5. The molecule has 3 N–H and O–H groups in total. The number of aromatic nitrogens is 2. The third kappa shape index (κ3) is 4.63. The standard InChI is InChI=1S/C18H25FN4O/c1-4-5-9-18(3,10-8-12(2)24)23-16-14-7-6-13(19)11-15(14)21-17(20)22-16/h6-7,11H,4-5,8-10H2,1-3H3,(H3,20,21,22,23)/t18-/m1/s1. The summed E-state index contributed by atoms with van der Waals surface area (Å²) in [5.41, 5.74) is 5.96. The van der Waals surface area contributed by atoms with Gasteiger partial charge in [-0.3, -0.25) is 0 Å². The van der Waals surface area contributed by atoms with E-state index in [1.165, 1.54) is 12.1 Å². The van der Waals surface area contributed by atoms with Crippen LogP contribution >= 0.6 is 0 Å². The van der Waals surface area contributed by atoms with Crippen LogP contribution in [0.2, 0.25) is 0 Å². The molecule has 0 aliphatic rings. The number of hydrogen-bond donors (Lipinski definition) is 2. The van der Waals surface area contributed by atoms with E-state index in [1.54, 1.807) is 13.0 Å². The summed E-state index contributed by atoms with van der Waals surface area (Å²) in [6, 6.07) is 4.38. The SMILES string of the molecule is CCCC[C@](C)(CCC(C)=O)Nc1nc(N)nc2cc(F)ccc12. The van der Waals surface area contributed by atoms with E-state index in [2.05, 4.69) is 29.1 Å². The zero-order valence-electron chi connectivity index (χ0n) is 14.5. The molecule has 130 valence electrons. The van der Waals surface area contributed by atoms with Gasteiger partial charge in [-0.25, -0.2) is 9.37 Å². The Balaban J connectivity index is 2.37. The van der Waals surface area contributed by atoms with Crippen molar-refractivity contribution in [3.63, 3.8) is 0 Å². The van der Waals surface area contributed by atoms with Crippen LogP contribution in [-0.2, 0) is 4.79 Å². The largest absolute Gasteiger partial charge is 0.368 e. The van der Waals surface area contributed by atoms with Crippen molar-refractivity contribution >= 4 is 28.5 Å². The summed E-state index contributed by atoms with van der Waals surface area (Å²) < 4.78 is 13.5. The molecule has 1 atom stereocenters. The normalized spacial score (nSPS) is 13.7. The minimum atomic E-state index is -0.364. The fraction of sp³-hybridized carbons (Fsp3) is 0.500. The van der Waals surface area contributed by atoms with Gasteiger partial charge in [0.25, 0.3) is 0 Å². The van der Waals surface area contributed by atoms with Gasteiger partial charge in [-0.05, 0) is 38.8 Å². The van der Waals surface area contributed by atoms with Crippen LogP contribution in [0.25, 0.3) is 10.9 Å². The summed E-state index contributed by atoms with van der Waals surface area (Å²) in [5.74, 6) is 0.477. The van der Waals surface area contributed by atoms with Crippen molar-refractivity contribution < 1.29 is 9.18 Å². The summed E-state index contributed by atoms with van der Waals surface area (Å²) in [7, 11) is 0. The molecule has 1 aromatic heterocycles. The quantitative estimate of drug-likeness (QED) is 0.761. The van der Waals surface area contributed by atoms with Crippen molar-refractivity contribution in [1.82, 2.24) is 9.97 Å². The molecule has 1 heterocycles. The first-order valence-electron chi connectivity index (χ1n) is 8.33. The van der Waals surface area contributed by atoms with Crippen LogP contribution in [0.1, 0.15) is 52.9 Å². The maximum atomic E-state index is 13.5. The average Bonchev–Trinajstić information content (AvgIpc) is 2.50. The number of rotatable bonds is 8. The van der Waals surface area contributed by atoms with Crippen molar-refractivity contribution in [3.05, 3.63) is 24.0 Å². The van der Waals surface area contributed by atoms with E-state index in [4.69, 9.17) is 5.73 Å². The minimum absolute atomic E-state index is 0.0972. The van der Waals surface area contributed by atoms with Gasteiger partial charge < -0.3 is 15.8 Å². The lowest BCUT2D eigenvalue weighted by Gasteiger charge is -2.32. The molecular formula is C18H25FN4O. The van der Waals surface area contributed by atoms with Crippen LogP contribution in [-0.4, -0.2) is 21.3 Å². The van der Waals surface area contributed by atoms with Gasteiger partial charge in [0.1, 0.15) is 17.4 Å². The van der Waals surface area contributed by atoms with Gasteiger partial charge in [0.15, 0.2) is 0 Å². The second-order valence-corrected chi connectivity index (χ2v) is 6.58. The van der Waals surface area contributed by atoms with Crippen molar-refractivity contribution in [2.75, 3.05) is 11.1 Å². The number of unbranched alkanes of at least 4 members (excludes halogenated alkanes) is 1. The summed E-state index contributed by atoms with van der Waals surface area (Å²) in [5, 5.41) is 4.16. The Labute approximate surface area is 141 Å². The van der Waals surface area contributed by atoms with E-state index in [9.17, 15) is 9.18 Å². The Morgan fingerprint density at radius 3 is 2.75 bits per heavy atom. The number of carbonyl (C=O) groups is 1. The lowest BCUT2D eigenvalue weighted by atomic mass is 9.88. The predicted molar refractivity (Wildman–Crippen MR) is 95.4 cm³/mol. The Morgan fingerprint density at radius 1 is 1.33 bits per heavy atom. The third-order valence-corrected chi connectivity index (χ3v) is 4.21. The number of hydrogen-bond acceptors (Lipinski definition) is 5. The number of benzene rings is 1. The number of anilines is 2. The van der Waals surface area contributed by atoms with Crippen molar-refractivity contribution in [2.45, 2.75) is 58.4 Å². The lowest BCUT2D eigenvalue weighted by molar-refractivity contribution is -0.117. The summed E-state index contributed by atoms with van der Waals surface area (Å²) >= 11 is 0. The van der Waals surface area contributed by atoms with Crippen molar-refractivity contribution in [2.24, 2.45) is 0 Å². The smallest absolute Gasteiger partial charge is 0.222 e. The van der Waals surface area contributed by atoms with Crippen LogP contribution < -0.4 is 11.1 Å². The summed E-state index contributed by atoms with van der Waals surface area (Å²) in [6.07, 6.45) is 4.21. The number of nitrogen functional groups attached to an aromatic ring is 1. The summed E-state index contributed by atoms with van der Waals surface area (Å²) in [6.45, 7) is 5.81. The van der Waals surface area contributed by atoms with E-state index < -0.39 is 0 Å². The molecular weight excluding hydrogens is 307 g/mol. The van der Waals surface area contributed by atoms with E-state index in [1.807, 2.05) is 0 Å². The first kappa shape index (κ1) is 18.1. The molecule has 0 aliphatic carbocycles. The number of fused-ring (bicyclic) bond motifs is 1. The van der Waals surface area contributed by atoms with Gasteiger partial charge >= 0.3 is 0 Å². The number of carbonyl (C=O) groups excluding carboxylic acids is 1. The molecule has 5 nitrogen and oxygen atoms in total. The van der Waals surface area contributed by atoms with Gasteiger partial charge in [-0.15, -0.1) is 0 Å². The molecule has 1 aromatic carbocycles. The Morgan fingerprint density at radius 2 is 2.08 bits per heavy atom. The van der Waals surface area contributed by atoms with Crippen LogP contribution in [0.5, 0.6) is 0 Å². The molecule has 0 aliphatic heterocycles. The molecule has 0 radical (unpaired) electrons. The number of halogens is 1. The summed E-state index contributed by atoms with van der Waals surface area (Å²) in [4.78, 5) is 19.8. The molecule has 24 heavy (non-hydrogen) atoms. The molecule has 0 unspecified atom stereocenters. The molecule has 0 spiro atoms. The van der Waals surface area contributed by atoms with Gasteiger partial charge in [0.05, 0.1) is 5.52 Å². The highest BCUT2D eigenvalue weighted by molar-refractivity contribution is 5.90. The second-order valence-electron chi connectivity index (χ2n) is 6.58. The first-order chi connectivity index (χ1) is 11.3. The molecule has 0 bridgehead atoms. The van der Waals surface area contributed by atoms with E-state index >= 15 is 0 Å². The maximum Gasteiger partial charge on any atom is 0.222 e. The predicted octanol–water partition coefficient (Wildman–Crippen LogP) is 4.08. The number of nitrogens with one attached hydrogen (secondary N) is 1. The second kappa shape index (κ2) is 7.55. The van der Waals surface area contributed by atoms with E-state index in [-0.39, 0.29) is 23.1 Å². The monoisotopic (exact) mass is 332 g/mol. The van der Waals surface area contributed by atoms with Crippen LogP contribution in [0, 0.1) is 5.82 Å². The number of nitrogens with two attached hydrogens (primary N) is 1. The van der Waals surface area contributed by atoms with Crippen molar-refractivity contribution in [3.8, 4) is 0 Å². The fourth-order valence-corrected chi connectivity index (χ4v) is 2.77. The van der Waals surface area contributed by atoms with Gasteiger partial charge in [-0.1, -0.05) is 19.8 Å².